The second-order valence-electron chi connectivity index (χ2n) is 8.64. The first-order valence-corrected chi connectivity index (χ1v) is 11.2. The maximum atomic E-state index is 14.6. The van der Waals surface area contributed by atoms with Crippen molar-refractivity contribution < 1.29 is 26.7 Å². The predicted octanol–water partition coefficient (Wildman–Crippen LogP) is 4.54. The Morgan fingerprint density at radius 3 is 2.58 bits per heavy atom. The molecule has 1 aliphatic rings. The molecule has 4 rings (SSSR count). The van der Waals surface area contributed by atoms with Gasteiger partial charge in [0.15, 0.2) is 5.69 Å². The van der Waals surface area contributed by atoms with Crippen LogP contribution in [0, 0.1) is 5.92 Å². The van der Waals surface area contributed by atoms with Crippen molar-refractivity contribution in [2.24, 2.45) is 13.0 Å². The Hall–Kier alpha value is -3.35. The van der Waals surface area contributed by atoms with Crippen LogP contribution in [0.3, 0.4) is 0 Å². The zero-order valence-corrected chi connectivity index (χ0v) is 19.9. The summed E-state index contributed by atoms with van der Waals surface area (Å²) in [5, 5.41) is 7.33. The number of carbonyl (C=O) groups is 1. The van der Waals surface area contributed by atoms with Crippen molar-refractivity contribution in [2.75, 3.05) is 18.4 Å². The number of hydrogen-bond donors (Lipinski definition) is 1. The molecule has 0 saturated carbocycles. The third-order valence-corrected chi connectivity index (χ3v) is 6.05. The number of halogens is 6. The van der Waals surface area contributed by atoms with Gasteiger partial charge in [0.05, 0.1) is 29.4 Å². The summed E-state index contributed by atoms with van der Waals surface area (Å²) in [5.41, 5.74) is -0.422. The maximum absolute atomic E-state index is 14.6. The van der Waals surface area contributed by atoms with Gasteiger partial charge in [0.1, 0.15) is 0 Å². The minimum Gasteiger partial charge on any atom is -0.352 e. The fourth-order valence-electron chi connectivity index (χ4n) is 4.16. The van der Waals surface area contributed by atoms with Crippen molar-refractivity contribution in [1.29, 1.82) is 0 Å². The van der Waals surface area contributed by atoms with Crippen LogP contribution < -0.4 is 5.32 Å². The summed E-state index contributed by atoms with van der Waals surface area (Å²) >= 11 is 6.05. The molecular weight excluding hydrogens is 509 g/mol. The van der Waals surface area contributed by atoms with Gasteiger partial charge in [-0.3, -0.25) is 14.5 Å². The molecule has 4 heterocycles. The van der Waals surface area contributed by atoms with Crippen LogP contribution in [0.15, 0.2) is 36.9 Å². The Bertz CT molecular complexity index is 1250. The van der Waals surface area contributed by atoms with Crippen molar-refractivity contribution in [2.45, 2.75) is 31.5 Å². The van der Waals surface area contributed by atoms with Crippen LogP contribution in [0.1, 0.15) is 29.4 Å². The molecule has 1 saturated heterocycles. The van der Waals surface area contributed by atoms with Crippen LogP contribution in [-0.4, -0.2) is 60.6 Å². The molecule has 0 aliphatic carbocycles. The van der Waals surface area contributed by atoms with E-state index in [-0.39, 0.29) is 18.2 Å². The van der Waals surface area contributed by atoms with Gasteiger partial charge >= 0.3 is 6.18 Å². The molecule has 0 radical (unpaired) electrons. The normalized spacial score (nSPS) is 19.8. The Morgan fingerprint density at radius 1 is 1.25 bits per heavy atom. The highest BCUT2D eigenvalue weighted by atomic mass is 35.5. The number of aromatic nitrogens is 5. The van der Waals surface area contributed by atoms with Crippen molar-refractivity contribution >= 4 is 23.5 Å². The lowest BCUT2D eigenvalue weighted by Gasteiger charge is -2.43. The lowest BCUT2D eigenvalue weighted by atomic mass is 9.88. The number of anilines is 1. The minimum absolute atomic E-state index is 0.0636. The maximum Gasteiger partial charge on any atom is 0.419 e. The first-order chi connectivity index (χ1) is 16.8. The van der Waals surface area contributed by atoms with Gasteiger partial charge in [0.2, 0.25) is 5.95 Å². The number of pyridine rings is 1. The fourth-order valence-corrected chi connectivity index (χ4v) is 4.32. The summed E-state index contributed by atoms with van der Waals surface area (Å²) in [6.07, 6.45) is -0.831. The molecule has 2 atom stereocenters. The number of likely N-dealkylation sites (tertiary alicyclic amines) is 1. The van der Waals surface area contributed by atoms with Gasteiger partial charge in [-0.15, -0.1) is 0 Å². The zero-order valence-electron chi connectivity index (χ0n) is 19.1. The molecule has 3 aromatic heterocycles. The third kappa shape index (κ3) is 5.55. The Balaban J connectivity index is 1.61. The predicted molar refractivity (Wildman–Crippen MR) is 121 cm³/mol. The molecule has 36 heavy (non-hydrogen) atoms. The van der Waals surface area contributed by atoms with Crippen LogP contribution in [-0.2, 0) is 13.2 Å². The van der Waals surface area contributed by atoms with Gasteiger partial charge in [-0.25, -0.2) is 18.7 Å². The zero-order chi connectivity index (χ0) is 26.3. The summed E-state index contributed by atoms with van der Waals surface area (Å²) < 4.78 is 68.8. The SMILES string of the molecule is C[C@@H]1CC(F)(F)CN(C(=O)c2nn(C)cc2-c2cc(Cl)ccn2)[C@@H]1CNc1ncc(C(F)(F)F)cn1. The third-order valence-electron chi connectivity index (χ3n) is 5.82. The number of amides is 1. The standard InChI is InChI=1S/C22H21ClF5N7O/c1-12-6-21(24,25)11-35(17(12)9-32-20-30-7-13(8-31-20)22(26,27)28)19(36)18-15(10-34(2)33-18)16-5-14(23)3-4-29-16/h3-5,7-8,10,12,17H,6,9,11H2,1-2H3,(H,30,31,32)/t12-,17-/m1/s1. The fraction of sp³-hybridized carbons (Fsp3) is 0.409. The average molecular weight is 530 g/mol. The molecule has 14 heteroatoms. The van der Waals surface area contributed by atoms with Gasteiger partial charge in [0.25, 0.3) is 11.8 Å². The first kappa shape index (κ1) is 25.7. The van der Waals surface area contributed by atoms with E-state index in [1.807, 2.05) is 0 Å². The van der Waals surface area contributed by atoms with E-state index in [2.05, 4.69) is 25.4 Å². The largest absolute Gasteiger partial charge is 0.419 e. The van der Waals surface area contributed by atoms with Gasteiger partial charge in [-0.1, -0.05) is 18.5 Å². The number of nitrogens with one attached hydrogen (secondary N) is 1. The van der Waals surface area contributed by atoms with Gasteiger partial charge in [-0.2, -0.15) is 18.3 Å². The molecule has 1 N–H and O–H groups in total. The van der Waals surface area contributed by atoms with Crippen molar-refractivity contribution in [1.82, 2.24) is 29.6 Å². The highest BCUT2D eigenvalue weighted by Gasteiger charge is 2.47. The number of nitrogens with zero attached hydrogens (tertiary/aromatic N) is 6. The van der Waals surface area contributed by atoms with Crippen LogP contribution in [0.4, 0.5) is 27.9 Å². The summed E-state index contributed by atoms with van der Waals surface area (Å²) in [5.74, 6) is -4.66. The minimum atomic E-state index is -4.59. The molecule has 1 aliphatic heterocycles. The van der Waals surface area contributed by atoms with Gasteiger partial charge in [0, 0.05) is 49.8 Å². The van der Waals surface area contributed by atoms with Gasteiger partial charge < -0.3 is 10.2 Å². The van der Waals surface area contributed by atoms with Crippen LogP contribution >= 0.6 is 11.6 Å². The molecular formula is C22H21ClF5N7O. The summed E-state index contributed by atoms with van der Waals surface area (Å²) in [6, 6.07) is 2.34. The quantitative estimate of drug-likeness (QED) is 0.488. The lowest BCUT2D eigenvalue weighted by molar-refractivity contribution is -0.138. The Kier molecular flexibility index (Phi) is 6.86. The molecule has 0 bridgehead atoms. The first-order valence-electron chi connectivity index (χ1n) is 10.8. The molecule has 3 aromatic rings. The molecule has 0 spiro atoms. The van der Waals surface area contributed by atoms with E-state index < -0.39 is 48.5 Å². The Labute approximate surface area is 207 Å². The highest BCUT2D eigenvalue weighted by Crippen LogP contribution is 2.36. The van der Waals surface area contributed by atoms with Crippen LogP contribution in [0.2, 0.25) is 5.02 Å². The van der Waals surface area contributed by atoms with Crippen LogP contribution in [0.25, 0.3) is 11.3 Å². The summed E-state index contributed by atoms with van der Waals surface area (Å²) in [6.45, 7) is 0.659. The number of alkyl halides is 5. The lowest BCUT2D eigenvalue weighted by Crippen LogP contribution is -2.57. The smallest absolute Gasteiger partial charge is 0.352 e. The van der Waals surface area contributed by atoms with Gasteiger partial charge in [-0.05, 0) is 18.1 Å². The average Bonchev–Trinajstić information content (AvgIpc) is 3.18. The molecule has 1 fully saturated rings. The summed E-state index contributed by atoms with van der Waals surface area (Å²) in [7, 11) is 1.58. The van der Waals surface area contributed by atoms with E-state index in [1.54, 1.807) is 26.2 Å². The molecule has 1 amide bonds. The van der Waals surface area contributed by atoms with E-state index in [0.29, 0.717) is 28.7 Å². The van der Waals surface area contributed by atoms with Crippen molar-refractivity contribution in [3.63, 3.8) is 0 Å². The summed E-state index contributed by atoms with van der Waals surface area (Å²) in [4.78, 5) is 26.1. The van der Waals surface area contributed by atoms with E-state index >= 15 is 0 Å². The molecule has 192 valence electrons. The second kappa shape index (κ2) is 9.60. The number of rotatable bonds is 5. The van der Waals surface area contributed by atoms with Crippen molar-refractivity contribution in [3.05, 3.63) is 53.2 Å². The number of hydrogen-bond acceptors (Lipinski definition) is 6. The van der Waals surface area contributed by atoms with E-state index in [4.69, 9.17) is 11.6 Å². The van der Waals surface area contributed by atoms with Crippen molar-refractivity contribution in [3.8, 4) is 11.3 Å². The number of aryl methyl sites for hydroxylation is 1. The van der Waals surface area contributed by atoms with Crippen LogP contribution in [0.5, 0.6) is 0 Å². The monoisotopic (exact) mass is 529 g/mol. The number of carbonyl (C=O) groups excluding carboxylic acids is 1. The molecule has 0 unspecified atom stereocenters. The van der Waals surface area contributed by atoms with E-state index in [0.717, 1.165) is 4.90 Å². The highest BCUT2D eigenvalue weighted by molar-refractivity contribution is 6.30. The molecule has 8 nitrogen and oxygen atoms in total. The number of piperidine rings is 1. The second-order valence-corrected chi connectivity index (χ2v) is 9.07. The molecule has 0 aromatic carbocycles. The Morgan fingerprint density at radius 2 is 1.94 bits per heavy atom. The van der Waals surface area contributed by atoms with E-state index in [9.17, 15) is 26.7 Å². The van der Waals surface area contributed by atoms with E-state index in [1.165, 1.54) is 16.9 Å². The topological polar surface area (TPSA) is 88.8 Å².